The lowest BCUT2D eigenvalue weighted by molar-refractivity contribution is -0.131. The first-order valence-electron chi connectivity index (χ1n) is 6.33. The van der Waals surface area contributed by atoms with Gasteiger partial charge in [0.2, 0.25) is 5.91 Å². The number of aliphatic carboxylic acids is 1. The van der Waals surface area contributed by atoms with Crippen LogP contribution in [0.15, 0.2) is 24.3 Å². The molecule has 1 aromatic carbocycles. The van der Waals surface area contributed by atoms with Crippen molar-refractivity contribution in [2.75, 3.05) is 20.6 Å². The molecule has 0 aromatic heterocycles. The molecule has 0 heterocycles. The van der Waals surface area contributed by atoms with E-state index in [4.69, 9.17) is 5.11 Å². The molecule has 2 N–H and O–H groups in total. The predicted molar refractivity (Wildman–Crippen MR) is 78.9 cm³/mol. The fourth-order valence-electron chi connectivity index (χ4n) is 1.71. The molecule has 0 fully saturated rings. The molecule has 112 valence electrons. The van der Waals surface area contributed by atoms with Crippen LogP contribution in [-0.4, -0.2) is 48.4 Å². The molecule has 1 rings (SSSR count). The Morgan fingerprint density at radius 3 is 2.57 bits per heavy atom. The van der Waals surface area contributed by atoms with Crippen LogP contribution in [0.1, 0.15) is 21.5 Å². The number of hydrogen-bond acceptors (Lipinski definition) is 3. The second-order valence-corrected chi connectivity index (χ2v) is 4.58. The summed E-state index contributed by atoms with van der Waals surface area (Å²) in [5.74, 6) is -1.60. The van der Waals surface area contributed by atoms with Crippen LogP contribution in [0.3, 0.4) is 0 Å². The average molecular weight is 290 g/mol. The largest absolute Gasteiger partial charge is 0.478 e. The lowest BCUT2D eigenvalue weighted by Gasteiger charge is -2.17. The van der Waals surface area contributed by atoms with Crippen LogP contribution in [0, 0.1) is 6.92 Å². The van der Waals surface area contributed by atoms with E-state index in [1.807, 2.05) is 0 Å². The zero-order chi connectivity index (χ0) is 16.0. The molecule has 6 heteroatoms. The summed E-state index contributed by atoms with van der Waals surface area (Å²) >= 11 is 0. The van der Waals surface area contributed by atoms with E-state index < -0.39 is 5.97 Å². The highest BCUT2D eigenvalue weighted by atomic mass is 16.4. The standard InChI is InChI=1S/C15H18N2O4/c1-10-4-5-11(6-7-14(19)20)8-12(10)15(21)17(3)9-13(18)16-2/h4-8H,9H2,1-3H3,(H,16,18)(H,19,20). The van der Waals surface area contributed by atoms with Crippen molar-refractivity contribution in [3.05, 3.63) is 41.0 Å². The minimum absolute atomic E-state index is 0.0377. The topological polar surface area (TPSA) is 86.7 Å². The number of carboxylic acids is 1. The number of carboxylic acid groups (broad SMARTS) is 1. The van der Waals surface area contributed by atoms with Gasteiger partial charge in [-0.25, -0.2) is 4.79 Å². The first-order chi connectivity index (χ1) is 9.85. The first kappa shape index (κ1) is 16.4. The van der Waals surface area contributed by atoms with Crippen LogP contribution in [0.25, 0.3) is 6.08 Å². The molecule has 0 aliphatic heterocycles. The van der Waals surface area contributed by atoms with Gasteiger partial charge in [-0.2, -0.15) is 0 Å². The molecule has 6 nitrogen and oxygen atoms in total. The summed E-state index contributed by atoms with van der Waals surface area (Å²) < 4.78 is 0. The highest BCUT2D eigenvalue weighted by Crippen LogP contribution is 2.14. The van der Waals surface area contributed by atoms with Gasteiger partial charge in [-0.05, 0) is 30.2 Å². The molecule has 0 bridgehead atoms. The quantitative estimate of drug-likeness (QED) is 0.789. The third kappa shape index (κ3) is 4.76. The van der Waals surface area contributed by atoms with Gasteiger partial charge in [-0.3, -0.25) is 9.59 Å². The van der Waals surface area contributed by atoms with Gasteiger partial charge < -0.3 is 15.3 Å². The van der Waals surface area contributed by atoms with Crippen molar-refractivity contribution >= 4 is 23.9 Å². The summed E-state index contributed by atoms with van der Waals surface area (Å²) in [5.41, 5.74) is 1.81. The molecule has 0 saturated carbocycles. The Labute approximate surface area is 123 Å². The van der Waals surface area contributed by atoms with Crippen molar-refractivity contribution in [3.8, 4) is 0 Å². The van der Waals surface area contributed by atoms with Crippen LogP contribution in [0.2, 0.25) is 0 Å². The van der Waals surface area contributed by atoms with Crippen LogP contribution in [0.5, 0.6) is 0 Å². The Morgan fingerprint density at radius 2 is 2.00 bits per heavy atom. The summed E-state index contributed by atoms with van der Waals surface area (Å²) in [6.45, 7) is 1.75. The van der Waals surface area contributed by atoms with Crippen LogP contribution in [-0.2, 0) is 9.59 Å². The van der Waals surface area contributed by atoms with Crippen LogP contribution >= 0.6 is 0 Å². The lowest BCUT2D eigenvalue weighted by atomic mass is 10.0. The van der Waals surface area contributed by atoms with Gasteiger partial charge in [0, 0.05) is 25.7 Å². The number of rotatable bonds is 5. The number of aryl methyl sites for hydroxylation is 1. The highest BCUT2D eigenvalue weighted by molar-refractivity contribution is 5.98. The molecular formula is C15H18N2O4. The molecule has 0 spiro atoms. The monoisotopic (exact) mass is 290 g/mol. The van der Waals surface area contributed by atoms with Gasteiger partial charge in [-0.1, -0.05) is 12.1 Å². The van der Waals surface area contributed by atoms with Crippen molar-refractivity contribution < 1.29 is 19.5 Å². The minimum Gasteiger partial charge on any atom is -0.478 e. The highest BCUT2D eigenvalue weighted by Gasteiger charge is 2.16. The van der Waals surface area contributed by atoms with Crippen LogP contribution in [0.4, 0.5) is 0 Å². The molecule has 1 aromatic rings. The maximum absolute atomic E-state index is 12.3. The minimum atomic E-state index is -1.06. The van der Waals surface area contributed by atoms with Crippen LogP contribution < -0.4 is 5.32 Å². The fourth-order valence-corrected chi connectivity index (χ4v) is 1.71. The summed E-state index contributed by atoms with van der Waals surface area (Å²) in [6, 6.07) is 5.07. The van der Waals surface area contributed by atoms with Crippen molar-refractivity contribution in [2.24, 2.45) is 0 Å². The average Bonchev–Trinajstić information content (AvgIpc) is 2.45. The molecule has 21 heavy (non-hydrogen) atoms. The van der Waals surface area contributed by atoms with Crippen molar-refractivity contribution in [1.29, 1.82) is 0 Å². The fraction of sp³-hybridized carbons (Fsp3) is 0.267. The van der Waals surface area contributed by atoms with E-state index >= 15 is 0 Å². The third-order valence-corrected chi connectivity index (χ3v) is 2.92. The second kappa shape index (κ2) is 7.23. The third-order valence-electron chi connectivity index (χ3n) is 2.92. The van der Waals surface area contributed by atoms with E-state index in [0.717, 1.165) is 11.6 Å². The van der Waals surface area contributed by atoms with Gasteiger partial charge in [-0.15, -0.1) is 0 Å². The van der Waals surface area contributed by atoms with E-state index in [0.29, 0.717) is 11.1 Å². The van der Waals surface area contributed by atoms with Gasteiger partial charge in [0.05, 0.1) is 6.54 Å². The normalized spacial score (nSPS) is 10.4. The Bertz CT molecular complexity index is 593. The summed E-state index contributed by atoms with van der Waals surface area (Å²) in [5, 5.41) is 11.1. The first-order valence-corrected chi connectivity index (χ1v) is 6.33. The van der Waals surface area contributed by atoms with Crippen molar-refractivity contribution in [2.45, 2.75) is 6.92 Å². The maximum Gasteiger partial charge on any atom is 0.328 e. The number of nitrogens with one attached hydrogen (secondary N) is 1. The number of carbonyl (C=O) groups excluding carboxylic acids is 2. The Balaban J connectivity index is 3.00. The number of likely N-dealkylation sites (N-methyl/N-ethyl adjacent to an activating group) is 2. The number of nitrogens with zero attached hydrogens (tertiary/aromatic N) is 1. The molecule has 0 aliphatic rings. The SMILES string of the molecule is CNC(=O)CN(C)C(=O)c1cc(C=CC(=O)O)ccc1C. The van der Waals surface area contributed by atoms with Crippen molar-refractivity contribution in [1.82, 2.24) is 10.2 Å². The van der Waals surface area contributed by atoms with E-state index in [1.54, 1.807) is 25.1 Å². The summed E-state index contributed by atoms with van der Waals surface area (Å²) in [7, 11) is 3.04. The zero-order valence-electron chi connectivity index (χ0n) is 12.2. The number of benzene rings is 1. The number of amides is 2. The number of hydrogen-bond donors (Lipinski definition) is 2. The van der Waals surface area contributed by atoms with E-state index in [9.17, 15) is 14.4 Å². The summed E-state index contributed by atoms with van der Waals surface area (Å²) in [6.07, 6.45) is 2.42. The Kier molecular flexibility index (Phi) is 5.66. The van der Waals surface area contributed by atoms with Gasteiger partial charge in [0.25, 0.3) is 5.91 Å². The molecule has 2 amide bonds. The molecule has 0 saturated heterocycles. The second-order valence-electron chi connectivity index (χ2n) is 4.58. The predicted octanol–water partition coefficient (Wildman–Crippen LogP) is 0.911. The van der Waals surface area contributed by atoms with E-state index in [2.05, 4.69) is 5.32 Å². The molecule has 0 unspecified atom stereocenters. The van der Waals surface area contributed by atoms with E-state index in [1.165, 1.54) is 25.1 Å². The Hall–Kier alpha value is -2.63. The summed E-state index contributed by atoms with van der Waals surface area (Å²) in [4.78, 5) is 35.4. The number of carbonyl (C=O) groups is 3. The molecular weight excluding hydrogens is 272 g/mol. The Morgan fingerprint density at radius 1 is 1.33 bits per heavy atom. The van der Waals surface area contributed by atoms with Gasteiger partial charge >= 0.3 is 5.97 Å². The van der Waals surface area contributed by atoms with Gasteiger partial charge in [0.1, 0.15) is 0 Å². The molecule has 0 radical (unpaired) electrons. The van der Waals surface area contributed by atoms with E-state index in [-0.39, 0.29) is 18.4 Å². The lowest BCUT2D eigenvalue weighted by Crippen LogP contribution is -2.37. The van der Waals surface area contributed by atoms with Crippen molar-refractivity contribution in [3.63, 3.8) is 0 Å². The van der Waals surface area contributed by atoms with Gasteiger partial charge in [0.15, 0.2) is 0 Å². The molecule has 0 atom stereocenters. The maximum atomic E-state index is 12.3. The molecule has 0 aliphatic carbocycles. The zero-order valence-corrected chi connectivity index (χ0v) is 12.2. The smallest absolute Gasteiger partial charge is 0.328 e.